The molecule has 0 aromatic carbocycles. The first kappa shape index (κ1) is 14.0. The first-order valence-electron chi connectivity index (χ1n) is 7.19. The Morgan fingerprint density at radius 1 is 1.19 bits per heavy atom. The lowest BCUT2D eigenvalue weighted by atomic mass is 10.1. The summed E-state index contributed by atoms with van der Waals surface area (Å²) in [5, 5.41) is 3.47. The van der Waals surface area contributed by atoms with Gasteiger partial charge in [0.2, 0.25) is 0 Å². The zero-order chi connectivity index (χ0) is 11.6. The Kier molecular flexibility index (Phi) is 7.87. The van der Waals surface area contributed by atoms with Crippen molar-refractivity contribution in [2.45, 2.75) is 64.9 Å². The van der Waals surface area contributed by atoms with Crippen LogP contribution in [0.15, 0.2) is 0 Å². The van der Waals surface area contributed by atoms with E-state index in [-0.39, 0.29) is 0 Å². The average Bonchev–Trinajstić information content (AvgIpc) is 2.79. The number of hydrogen-bond acceptors (Lipinski definition) is 2. The highest BCUT2D eigenvalue weighted by Gasteiger charge is 2.17. The van der Waals surface area contributed by atoms with Crippen molar-refractivity contribution in [3.05, 3.63) is 0 Å². The zero-order valence-electron chi connectivity index (χ0n) is 11.1. The molecule has 2 nitrogen and oxygen atoms in total. The first-order chi connectivity index (χ1) is 7.86. The second-order valence-electron chi connectivity index (χ2n) is 5.10. The normalized spacial score (nSPS) is 19.1. The lowest BCUT2D eigenvalue weighted by Crippen LogP contribution is -2.30. The zero-order valence-corrected chi connectivity index (χ0v) is 11.1. The fraction of sp³-hybridized carbons (Fsp3) is 1.00. The van der Waals surface area contributed by atoms with Gasteiger partial charge in [0.15, 0.2) is 0 Å². The van der Waals surface area contributed by atoms with Crippen LogP contribution in [0.2, 0.25) is 0 Å². The summed E-state index contributed by atoms with van der Waals surface area (Å²) in [6.45, 7) is 7.60. The van der Waals surface area contributed by atoms with Gasteiger partial charge >= 0.3 is 0 Å². The SMILES string of the molecule is CCCNCC(CCC)OCC1CCCC1. The molecule has 0 radical (unpaired) electrons. The van der Waals surface area contributed by atoms with Crippen LogP contribution in [0.3, 0.4) is 0 Å². The Morgan fingerprint density at radius 2 is 1.94 bits per heavy atom. The molecule has 0 aromatic heterocycles. The van der Waals surface area contributed by atoms with Gasteiger partial charge in [-0.25, -0.2) is 0 Å². The number of rotatable bonds is 9. The van der Waals surface area contributed by atoms with E-state index < -0.39 is 0 Å². The monoisotopic (exact) mass is 227 g/mol. The van der Waals surface area contributed by atoms with Crippen molar-refractivity contribution in [1.82, 2.24) is 5.32 Å². The van der Waals surface area contributed by atoms with Crippen molar-refractivity contribution in [2.75, 3.05) is 19.7 Å². The van der Waals surface area contributed by atoms with Crippen molar-refractivity contribution in [2.24, 2.45) is 5.92 Å². The largest absolute Gasteiger partial charge is 0.377 e. The number of hydrogen-bond donors (Lipinski definition) is 1. The molecule has 1 unspecified atom stereocenters. The van der Waals surface area contributed by atoms with Gasteiger partial charge in [-0.15, -0.1) is 0 Å². The van der Waals surface area contributed by atoms with E-state index in [4.69, 9.17) is 4.74 Å². The van der Waals surface area contributed by atoms with Gasteiger partial charge in [-0.1, -0.05) is 33.1 Å². The Hall–Kier alpha value is -0.0800. The minimum atomic E-state index is 0.442. The molecule has 0 spiro atoms. The fourth-order valence-corrected chi connectivity index (χ4v) is 2.46. The van der Waals surface area contributed by atoms with Crippen LogP contribution in [0.25, 0.3) is 0 Å². The van der Waals surface area contributed by atoms with E-state index in [2.05, 4.69) is 19.2 Å². The predicted octanol–water partition coefficient (Wildman–Crippen LogP) is 3.36. The van der Waals surface area contributed by atoms with Gasteiger partial charge in [-0.05, 0) is 38.1 Å². The highest BCUT2D eigenvalue weighted by Crippen LogP contribution is 2.25. The summed E-state index contributed by atoms with van der Waals surface area (Å²) in [6, 6.07) is 0. The molecular weight excluding hydrogens is 198 g/mol. The molecule has 0 heterocycles. The molecule has 0 bridgehead atoms. The van der Waals surface area contributed by atoms with Crippen LogP contribution in [0.5, 0.6) is 0 Å². The van der Waals surface area contributed by atoms with E-state index in [1.807, 2.05) is 0 Å². The third-order valence-electron chi connectivity index (χ3n) is 3.45. The molecular formula is C14H29NO. The van der Waals surface area contributed by atoms with Crippen LogP contribution in [0, 0.1) is 5.92 Å². The summed E-state index contributed by atoms with van der Waals surface area (Å²) in [6.07, 6.45) is 9.69. The van der Waals surface area contributed by atoms with Gasteiger partial charge in [0.1, 0.15) is 0 Å². The van der Waals surface area contributed by atoms with Crippen molar-refractivity contribution in [1.29, 1.82) is 0 Å². The summed E-state index contributed by atoms with van der Waals surface area (Å²) in [7, 11) is 0. The smallest absolute Gasteiger partial charge is 0.0699 e. The van der Waals surface area contributed by atoms with Crippen LogP contribution in [0.4, 0.5) is 0 Å². The van der Waals surface area contributed by atoms with E-state index >= 15 is 0 Å². The summed E-state index contributed by atoms with van der Waals surface area (Å²) in [4.78, 5) is 0. The van der Waals surface area contributed by atoms with Crippen molar-refractivity contribution >= 4 is 0 Å². The van der Waals surface area contributed by atoms with Gasteiger partial charge in [-0.2, -0.15) is 0 Å². The summed E-state index contributed by atoms with van der Waals surface area (Å²) in [5.41, 5.74) is 0. The quantitative estimate of drug-likeness (QED) is 0.610. The summed E-state index contributed by atoms with van der Waals surface area (Å²) < 4.78 is 6.05. The van der Waals surface area contributed by atoms with Crippen molar-refractivity contribution < 1.29 is 4.74 Å². The summed E-state index contributed by atoms with van der Waals surface area (Å²) >= 11 is 0. The number of nitrogens with one attached hydrogen (secondary N) is 1. The maximum absolute atomic E-state index is 6.05. The Morgan fingerprint density at radius 3 is 2.56 bits per heavy atom. The molecule has 16 heavy (non-hydrogen) atoms. The third kappa shape index (κ3) is 5.86. The molecule has 0 amide bonds. The average molecular weight is 227 g/mol. The lowest BCUT2D eigenvalue weighted by Gasteiger charge is -2.20. The first-order valence-corrected chi connectivity index (χ1v) is 7.19. The molecule has 96 valence electrons. The molecule has 0 aromatic rings. The van der Waals surface area contributed by atoms with Gasteiger partial charge in [0, 0.05) is 13.2 Å². The number of ether oxygens (including phenoxy) is 1. The minimum Gasteiger partial charge on any atom is -0.377 e. The minimum absolute atomic E-state index is 0.442. The molecule has 0 aliphatic heterocycles. The molecule has 2 heteroatoms. The highest BCUT2D eigenvalue weighted by molar-refractivity contribution is 4.68. The van der Waals surface area contributed by atoms with Crippen molar-refractivity contribution in [3.63, 3.8) is 0 Å². The van der Waals surface area contributed by atoms with Crippen LogP contribution in [-0.2, 0) is 4.74 Å². The van der Waals surface area contributed by atoms with Crippen LogP contribution >= 0.6 is 0 Å². The Labute approximate surface area is 101 Å². The molecule has 1 aliphatic carbocycles. The maximum atomic E-state index is 6.05. The topological polar surface area (TPSA) is 21.3 Å². The van der Waals surface area contributed by atoms with E-state index in [0.717, 1.165) is 25.6 Å². The second kappa shape index (κ2) is 9.00. The highest BCUT2D eigenvalue weighted by atomic mass is 16.5. The van der Waals surface area contributed by atoms with Crippen LogP contribution in [0.1, 0.15) is 58.8 Å². The molecule has 1 N–H and O–H groups in total. The molecule has 1 rings (SSSR count). The second-order valence-corrected chi connectivity index (χ2v) is 5.10. The lowest BCUT2D eigenvalue weighted by molar-refractivity contribution is 0.0253. The van der Waals surface area contributed by atoms with Crippen molar-refractivity contribution in [3.8, 4) is 0 Å². The molecule has 0 saturated heterocycles. The molecule has 1 aliphatic rings. The van der Waals surface area contributed by atoms with Gasteiger partial charge in [-0.3, -0.25) is 0 Å². The van der Waals surface area contributed by atoms with Gasteiger partial charge in [0.05, 0.1) is 6.10 Å². The van der Waals surface area contributed by atoms with Crippen LogP contribution in [-0.4, -0.2) is 25.8 Å². The molecule has 1 atom stereocenters. The van der Waals surface area contributed by atoms with E-state index in [1.165, 1.54) is 44.9 Å². The summed E-state index contributed by atoms with van der Waals surface area (Å²) in [5.74, 6) is 0.852. The maximum Gasteiger partial charge on any atom is 0.0699 e. The van der Waals surface area contributed by atoms with Gasteiger partial charge in [0.25, 0.3) is 0 Å². The van der Waals surface area contributed by atoms with E-state index in [0.29, 0.717) is 6.10 Å². The van der Waals surface area contributed by atoms with Crippen LogP contribution < -0.4 is 5.32 Å². The van der Waals surface area contributed by atoms with E-state index in [9.17, 15) is 0 Å². The third-order valence-corrected chi connectivity index (χ3v) is 3.45. The fourth-order valence-electron chi connectivity index (χ4n) is 2.46. The predicted molar refractivity (Wildman–Crippen MR) is 69.8 cm³/mol. The molecule has 1 saturated carbocycles. The standard InChI is InChI=1S/C14H29NO/c1-3-7-14(11-15-10-4-2)16-12-13-8-5-6-9-13/h13-15H,3-12H2,1-2H3. The molecule has 1 fully saturated rings. The Balaban J connectivity index is 2.10. The van der Waals surface area contributed by atoms with E-state index in [1.54, 1.807) is 0 Å². The Bertz CT molecular complexity index is 155. The van der Waals surface area contributed by atoms with Gasteiger partial charge < -0.3 is 10.1 Å².